The number of carbonyl (C=O) groups is 3. The fourth-order valence-corrected chi connectivity index (χ4v) is 9.67. The SMILES string of the molecule is COc1ccc(COC[C@H]2O[C@@H](O[C@H]3[C@H](OC(C)=O)[C@@H](N4C(=O)c5ccccc5C4=O)[C@H](Sc4ccccc4)O[C@@H]3COCc3ccc(OC)cc3)[C@H](N=[N+]=[N-])[C@@H](OCc3ccccc3)[C@@H]2O)cc1. The number of benzene rings is 5. The minimum Gasteiger partial charge on any atom is -0.497 e. The molecule has 17 nitrogen and oxygen atoms in total. The molecule has 2 saturated heterocycles. The van der Waals surface area contributed by atoms with Gasteiger partial charge in [0.25, 0.3) is 11.8 Å². The summed E-state index contributed by atoms with van der Waals surface area (Å²) in [6, 6.07) is 36.8. The van der Waals surface area contributed by atoms with Crippen molar-refractivity contribution in [1.82, 2.24) is 4.90 Å². The van der Waals surface area contributed by atoms with Gasteiger partial charge in [-0.1, -0.05) is 102 Å². The predicted octanol–water partition coefficient (Wildman–Crippen LogP) is 7.29. The molecule has 10 atom stereocenters. The lowest BCUT2D eigenvalue weighted by atomic mass is 9.94. The Morgan fingerprint density at radius 3 is 1.78 bits per heavy atom. The Kier molecular flexibility index (Phi) is 16.6. The first-order chi connectivity index (χ1) is 33.6. The van der Waals surface area contributed by atoms with Crippen molar-refractivity contribution in [1.29, 1.82) is 0 Å². The summed E-state index contributed by atoms with van der Waals surface area (Å²) in [5.74, 6) is -0.667. The van der Waals surface area contributed by atoms with Crippen LogP contribution >= 0.6 is 11.8 Å². The van der Waals surface area contributed by atoms with E-state index in [1.807, 2.05) is 84.9 Å². The van der Waals surface area contributed by atoms with Crippen molar-refractivity contribution in [2.75, 3.05) is 27.4 Å². The number of aliphatic hydroxyl groups excluding tert-OH is 1. The standard InChI is InChI=1S/C51H52N4O13S/c1-31(56)65-47-43(55-48(58)38-16-10-11-17-39(38)49(55)59)51(69-37-14-8-5-9-15-37)67-41(30-63-27-34-20-24-36(61-3)25-21-34)45(47)68-50-42(53-54-52)46(64-28-32-12-6-4-7-13-32)44(57)40(66-50)29-62-26-33-18-22-35(60-2)23-19-33/h4-25,40-47,50-51,57H,26-30H2,1-3H3/t40-,41-,42-,43-,44-,45-,46-,47-,50+,51+/m1/s1. The average molecular weight is 961 g/mol. The van der Waals surface area contributed by atoms with Crippen molar-refractivity contribution >= 4 is 29.5 Å². The van der Waals surface area contributed by atoms with Crippen molar-refractivity contribution in [2.24, 2.45) is 5.11 Å². The van der Waals surface area contributed by atoms with Gasteiger partial charge >= 0.3 is 5.97 Å². The van der Waals surface area contributed by atoms with Crippen molar-refractivity contribution in [3.8, 4) is 11.5 Å². The maximum Gasteiger partial charge on any atom is 0.303 e. The molecule has 0 aromatic heterocycles. The van der Waals surface area contributed by atoms with Crippen molar-refractivity contribution in [3.05, 3.63) is 172 Å². The molecule has 3 aliphatic heterocycles. The number of amides is 2. The molecule has 1 N–H and O–H groups in total. The Balaban J connectivity index is 1.17. The predicted molar refractivity (Wildman–Crippen MR) is 250 cm³/mol. The number of esters is 1. The Morgan fingerprint density at radius 2 is 1.23 bits per heavy atom. The molecule has 3 heterocycles. The van der Waals surface area contributed by atoms with Crippen molar-refractivity contribution in [3.63, 3.8) is 0 Å². The van der Waals surface area contributed by atoms with Gasteiger partial charge in [0, 0.05) is 16.7 Å². The highest BCUT2D eigenvalue weighted by Crippen LogP contribution is 2.42. The summed E-state index contributed by atoms with van der Waals surface area (Å²) in [6.45, 7) is 1.13. The molecule has 2 fully saturated rings. The number of hydrogen-bond donors (Lipinski definition) is 1. The second kappa shape index (κ2) is 23.3. The van der Waals surface area contributed by atoms with Gasteiger partial charge < -0.3 is 47.7 Å². The van der Waals surface area contributed by atoms with Gasteiger partial charge in [-0.25, -0.2) is 0 Å². The summed E-state index contributed by atoms with van der Waals surface area (Å²) < 4.78 is 56.1. The third kappa shape index (κ3) is 11.8. The van der Waals surface area contributed by atoms with Gasteiger partial charge in [-0.3, -0.25) is 19.3 Å². The summed E-state index contributed by atoms with van der Waals surface area (Å²) in [7, 11) is 3.15. The van der Waals surface area contributed by atoms with E-state index in [0.717, 1.165) is 26.5 Å². The molecular formula is C51H52N4O13S. The first-order valence-corrected chi connectivity index (χ1v) is 23.1. The minimum atomic E-state index is -1.53. The number of thioether (sulfide) groups is 1. The zero-order valence-electron chi connectivity index (χ0n) is 38.1. The molecule has 8 rings (SSSR count). The van der Waals surface area contributed by atoms with Crippen LogP contribution in [-0.2, 0) is 57.8 Å². The summed E-state index contributed by atoms with van der Waals surface area (Å²) in [5.41, 5.74) is 11.7. The highest BCUT2D eigenvalue weighted by Gasteiger charge is 2.58. The van der Waals surface area contributed by atoms with Crippen LogP contribution in [0.1, 0.15) is 44.3 Å². The van der Waals surface area contributed by atoms with Crippen LogP contribution in [0.5, 0.6) is 11.5 Å². The van der Waals surface area contributed by atoms with Crippen LogP contribution in [0.3, 0.4) is 0 Å². The topological polar surface area (TPSA) is 207 Å². The highest BCUT2D eigenvalue weighted by molar-refractivity contribution is 7.99. The zero-order valence-corrected chi connectivity index (χ0v) is 38.9. The first-order valence-electron chi connectivity index (χ1n) is 22.3. The quantitative estimate of drug-likeness (QED) is 0.0268. The number of ether oxygens (including phenoxy) is 9. The molecular weight excluding hydrogens is 909 g/mol. The van der Waals surface area contributed by atoms with Gasteiger partial charge in [0.1, 0.15) is 53.4 Å². The van der Waals surface area contributed by atoms with Crippen LogP contribution in [0.25, 0.3) is 10.4 Å². The summed E-state index contributed by atoms with van der Waals surface area (Å²) >= 11 is 1.22. The smallest absolute Gasteiger partial charge is 0.303 e. The van der Waals surface area contributed by atoms with Crippen molar-refractivity contribution in [2.45, 2.75) is 92.1 Å². The number of nitrogens with zero attached hydrogens (tertiary/aromatic N) is 4. The molecule has 2 amide bonds. The lowest BCUT2D eigenvalue weighted by Gasteiger charge is -2.50. The van der Waals surface area contributed by atoms with Crippen LogP contribution in [-0.4, -0.2) is 116 Å². The van der Waals surface area contributed by atoms with Crippen LogP contribution in [0, 0.1) is 0 Å². The molecule has 0 saturated carbocycles. The van der Waals surface area contributed by atoms with Gasteiger partial charge in [0.2, 0.25) is 0 Å². The molecule has 3 aliphatic rings. The second-order valence-electron chi connectivity index (χ2n) is 16.4. The van der Waals surface area contributed by atoms with Crippen LogP contribution < -0.4 is 9.47 Å². The number of imide groups is 1. The van der Waals surface area contributed by atoms with E-state index in [9.17, 15) is 25.0 Å². The number of fused-ring (bicyclic) bond motifs is 1. The third-order valence-electron chi connectivity index (χ3n) is 11.9. The van der Waals surface area contributed by atoms with E-state index in [1.165, 1.54) is 18.7 Å². The largest absolute Gasteiger partial charge is 0.497 e. The number of carbonyl (C=O) groups excluding carboxylic acids is 3. The molecule has 0 aliphatic carbocycles. The van der Waals surface area contributed by atoms with E-state index in [4.69, 9.17) is 42.6 Å². The Bertz CT molecular complexity index is 2520. The molecule has 0 bridgehead atoms. The van der Waals surface area contributed by atoms with Gasteiger partial charge in [0.15, 0.2) is 12.4 Å². The molecule has 0 radical (unpaired) electrons. The number of azide groups is 1. The number of methoxy groups -OCH3 is 2. The molecule has 0 unspecified atom stereocenters. The maximum absolute atomic E-state index is 14.5. The third-order valence-corrected chi connectivity index (χ3v) is 13.0. The van der Waals surface area contributed by atoms with Gasteiger partial charge in [-0.15, -0.1) is 0 Å². The fourth-order valence-electron chi connectivity index (χ4n) is 8.48. The van der Waals surface area contributed by atoms with E-state index in [-0.39, 0.29) is 44.2 Å². The summed E-state index contributed by atoms with van der Waals surface area (Å²) in [6.07, 6.45) is -9.23. The normalized spacial score (nSPS) is 25.4. The monoisotopic (exact) mass is 960 g/mol. The molecule has 5 aromatic rings. The van der Waals surface area contributed by atoms with E-state index >= 15 is 0 Å². The lowest BCUT2D eigenvalue weighted by Crippen LogP contribution is -2.68. The molecule has 0 spiro atoms. The van der Waals surface area contributed by atoms with Crippen molar-refractivity contribution < 1.29 is 62.1 Å². The fraction of sp³-hybridized carbons (Fsp3) is 0.353. The zero-order chi connectivity index (χ0) is 48.3. The second-order valence-corrected chi connectivity index (χ2v) is 17.6. The Morgan fingerprint density at radius 1 is 0.696 bits per heavy atom. The maximum atomic E-state index is 14.5. The molecule has 69 heavy (non-hydrogen) atoms. The van der Waals surface area contributed by atoms with Crippen LogP contribution in [0.15, 0.2) is 143 Å². The molecule has 360 valence electrons. The molecule has 5 aromatic carbocycles. The lowest BCUT2D eigenvalue weighted by molar-refractivity contribution is -0.317. The van der Waals surface area contributed by atoms with Gasteiger partial charge in [-0.05, 0) is 70.8 Å². The van der Waals surface area contributed by atoms with Crippen LogP contribution in [0.2, 0.25) is 0 Å². The summed E-state index contributed by atoms with van der Waals surface area (Å²) in [5, 5.41) is 16.1. The Hall–Kier alpha value is -6.31. The highest BCUT2D eigenvalue weighted by atomic mass is 32.2. The summed E-state index contributed by atoms with van der Waals surface area (Å²) in [4.78, 5) is 47.2. The van der Waals surface area contributed by atoms with E-state index in [0.29, 0.717) is 11.5 Å². The number of aliphatic hydroxyl groups is 1. The average Bonchev–Trinajstić information content (AvgIpc) is 3.62. The van der Waals surface area contributed by atoms with E-state index in [1.54, 1.807) is 62.8 Å². The molecule has 18 heteroatoms. The minimum absolute atomic E-state index is 0.0107. The number of hydrogen-bond acceptors (Lipinski definition) is 15. The van der Waals surface area contributed by atoms with Gasteiger partial charge in [-0.2, -0.15) is 0 Å². The number of rotatable bonds is 20. The van der Waals surface area contributed by atoms with Crippen LogP contribution in [0.4, 0.5) is 0 Å². The first kappa shape index (κ1) is 49.1. The van der Waals surface area contributed by atoms with E-state index in [2.05, 4.69) is 10.0 Å². The van der Waals surface area contributed by atoms with Gasteiger partial charge in [0.05, 0.1) is 64.5 Å². The Labute approximate surface area is 403 Å². The van der Waals surface area contributed by atoms with E-state index < -0.39 is 78.2 Å².